The minimum atomic E-state index is -1.33. The molecule has 0 aromatic heterocycles. The molecule has 19 heavy (non-hydrogen) atoms. The van der Waals surface area contributed by atoms with Crippen molar-refractivity contribution in [3.8, 4) is 0 Å². The Bertz CT molecular complexity index is 422. The Kier molecular flexibility index (Phi) is 3.11. The second-order valence-corrected chi connectivity index (χ2v) is 7.49. The molecule has 3 aliphatic heterocycles. The molecule has 6 nitrogen and oxygen atoms in total. The van der Waals surface area contributed by atoms with E-state index in [2.05, 4.69) is 0 Å². The van der Waals surface area contributed by atoms with Gasteiger partial charge in [-0.15, -0.1) is 0 Å². The number of fused-ring (bicyclic) bond motifs is 4. The first kappa shape index (κ1) is 13.3. The van der Waals surface area contributed by atoms with E-state index in [1.54, 1.807) is 0 Å². The molecule has 0 aromatic rings. The van der Waals surface area contributed by atoms with Crippen LogP contribution in [0.5, 0.6) is 0 Å². The number of rotatable bonds is 0. The Labute approximate surface area is 115 Å². The molecule has 0 aromatic carbocycles. The van der Waals surface area contributed by atoms with Gasteiger partial charge in [0.25, 0.3) is 0 Å². The Balaban J connectivity index is 1.78. The number of amides is 1. The van der Waals surface area contributed by atoms with E-state index in [4.69, 9.17) is 8.92 Å². The second kappa shape index (κ2) is 4.43. The van der Waals surface area contributed by atoms with E-state index in [9.17, 15) is 9.00 Å². The average molecular weight is 288 g/mol. The lowest BCUT2D eigenvalue weighted by atomic mass is 10.1. The topological polar surface area (TPSA) is 59.1 Å². The lowest BCUT2D eigenvalue weighted by Gasteiger charge is -2.41. The maximum atomic E-state index is 12.3. The molecule has 3 heterocycles. The summed E-state index contributed by atoms with van der Waals surface area (Å²) in [7, 11) is 0. The predicted molar refractivity (Wildman–Crippen MR) is 69.5 cm³/mol. The largest absolute Gasteiger partial charge is 0.444 e. The van der Waals surface area contributed by atoms with Crippen molar-refractivity contribution in [3.05, 3.63) is 0 Å². The lowest BCUT2D eigenvalue weighted by molar-refractivity contribution is -0.00502. The monoisotopic (exact) mass is 288 g/mol. The van der Waals surface area contributed by atoms with Gasteiger partial charge >= 0.3 is 6.09 Å². The van der Waals surface area contributed by atoms with Crippen LogP contribution < -0.4 is 0 Å². The molecule has 7 heteroatoms. The highest BCUT2D eigenvalue weighted by Gasteiger charge is 2.53. The summed E-state index contributed by atoms with van der Waals surface area (Å²) < 4.78 is 24.3. The van der Waals surface area contributed by atoms with Gasteiger partial charge in [0.05, 0.1) is 18.7 Å². The van der Waals surface area contributed by atoms with Crippen LogP contribution in [0, 0.1) is 0 Å². The zero-order valence-corrected chi connectivity index (χ0v) is 12.3. The maximum absolute atomic E-state index is 12.3. The first-order valence-corrected chi connectivity index (χ1v) is 7.73. The number of ether oxygens (including phenoxy) is 1. The summed E-state index contributed by atoms with van der Waals surface area (Å²) in [5, 5.41) is 0. The van der Waals surface area contributed by atoms with Crippen LogP contribution in [-0.4, -0.2) is 56.4 Å². The summed E-state index contributed by atoms with van der Waals surface area (Å²) >= 11 is -1.33. The van der Waals surface area contributed by atoms with Crippen molar-refractivity contribution in [2.45, 2.75) is 57.3 Å². The van der Waals surface area contributed by atoms with Crippen molar-refractivity contribution in [2.24, 2.45) is 0 Å². The third-order valence-corrected chi connectivity index (χ3v) is 5.03. The van der Waals surface area contributed by atoms with Crippen LogP contribution in [0.2, 0.25) is 0 Å². The highest BCUT2D eigenvalue weighted by molar-refractivity contribution is 7.78. The van der Waals surface area contributed by atoms with Gasteiger partial charge < -0.3 is 4.74 Å². The number of hydrogen-bond acceptors (Lipinski definition) is 4. The molecular weight excluding hydrogens is 268 g/mol. The van der Waals surface area contributed by atoms with Crippen molar-refractivity contribution in [3.63, 3.8) is 0 Å². The van der Waals surface area contributed by atoms with E-state index in [0.29, 0.717) is 13.2 Å². The van der Waals surface area contributed by atoms with Gasteiger partial charge in [-0.05, 0) is 33.6 Å². The van der Waals surface area contributed by atoms with Gasteiger partial charge in [-0.2, -0.15) is 4.31 Å². The van der Waals surface area contributed by atoms with E-state index in [0.717, 1.165) is 12.8 Å². The van der Waals surface area contributed by atoms with Gasteiger partial charge in [-0.25, -0.2) is 9.00 Å². The molecule has 0 spiro atoms. The SMILES string of the molecule is CC(C)(C)OC(=O)N1[C@H]2CC[C@@H]1[C@H]1COS(=O)N1C2. The van der Waals surface area contributed by atoms with E-state index >= 15 is 0 Å². The van der Waals surface area contributed by atoms with Crippen LogP contribution >= 0.6 is 0 Å². The zero-order valence-electron chi connectivity index (χ0n) is 11.5. The Morgan fingerprint density at radius 1 is 1.32 bits per heavy atom. The Hall–Kier alpha value is -0.660. The van der Waals surface area contributed by atoms with Gasteiger partial charge in [0, 0.05) is 12.6 Å². The smallest absolute Gasteiger partial charge is 0.410 e. The number of carbonyl (C=O) groups excluding carboxylic acids is 1. The molecular formula is C12H20N2O4S. The van der Waals surface area contributed by atoms with Gasteiger partial charge in [-0.1, -0.05) is 0 Å². The quantitative estimate of drug-likeness (QED) is 0.668. The molecule has 4 atom stereocenters. The maximum Gasteiger partial charge on any atom is 0.410 e. The van der Waals surface area contributed by atoms with Crippen LogP contribution in [-0.2, 0) is 20.2 Å². The van der Waals surface area contributed by atoms with Crippen molar-refractivity contribution >= 4 is 17.4 Å². The molecule has 1 amide bonds. The first-order chi connectivity index (χ1) is 8.87. The van der Waals surface area contributed by atoms with Crippen molar-refractivity contribution < 1.29 is 17.9 Å². The highest BCUT2D eigenvalue weighted by Crippen LogP contribution is 2.38. The number of hydrogen-bond donors (Lipinski definition) is 0. The van der Waals surface area contributed by atoms with Gasteiger partial charge in [0.1, 0.15) is 5.60 Å². The summed E-state index contributed by atoms with van der Waals surface area (Å²) in [4.78, 5) is 14.2. The van der Waals surface area contributed by atoms with Crippen LogP contribution in [0.1, 0.15) is 33.6 Å². The van der Waals surface area contributed by atoms with Crippen LogP contribution in [0.25, 0.3) is 0 Å². The van der Waals surface area contributed by atoms with E-state index < -0.39 is 16.9 Å². The fraction of sp³-hybridized carbons (Fsp3) is 0.917. The molecule has 0 radical (unpaired) electrons. The summed E-state index contributed by atoms with van der Waals surface area (Å²) in [6.45, 7) is 6.67. The summed E-state index contributed by atoms with van der Waals surface area (Å²) in [5.41, 5.74) is -0.483. The molecule has 3 rings (SSSR count). The molecule has 3 saturated heterocycles. The van der Waals surface area contributed by atoms with Gasteiger partial charge in [0.15, 0.2) is 0 Å². The molecule has 108 valence electrons. The van der Waals surface area contributed by atoms with E-state index in [-0.39, 0.29) is 24.2 Å². The fourth-order valence-corrected chi connectivity index (χ4v) is 4.27. The molecule has 1 unspecified atom stereocenters. The first-order valence-electron chi connectivity index (χ1n) is 6.70. The van der Waals surface area contributed by atoms with Gasteiger partial charge in [-0.3, -0.25) is 9.08 Å². The molecule has 3 fully saturated rings. The minimum Gasteiger partial charge on any atom is -0.444 e. The zero-order chi connectivity index (χ0) is 13.8. The molecule has 0 aliphatic carbocycles. The predicted octanol–water partition coefficient (Wildman–Crippen LogP) is 1.05. The van der Waals surface area contributed by atoms with Crippen LogP contribution in [0.15, 0.2) is 0 Å². The van der Waals surface area contributed by atoms with E-state index in [1.807, 2.05) is 30.0 Å². The van der Waals surface area contributed by atoms with Crippen molar-refractivity contribution in [1.29, 1.82) is 0 Å². The standard InChI is InChI=1S/C12H20N2O4S/c1-12(2,3)18-11(15)14-8-4-5-9(14)10-7-17-19(16)13(10)6-8/h8-10H,4-7H2,1-3H3/t8-,9+,10+,19?/m0/s1. The summed E-state index contributed by atoms with van der Waals surface area (Å²) in [6.07, 6.45) is 1.64. The fourth-order valence-electron chi connectivity index (χ4n) is 3.16. The molecule has 0 saturated carbocycles. The Morgan fingerprint density at radius 3 is 2.74 bits per heavy atom. The third kappa shape index (κ3) is 2.28. The van der Waals surface area contributed by atoms with Crippen LogP contribution in [0.4, 0.5) is 4.79 Å². The van der Waals surface area contributed by atoms with Crippen molar-refractivity contribution in [1.82, 2.24) is 9.21 Å². The second-order valence-electron chi connectivity index (χ2n) is 6.35. The third-order valence-electron chi connectivity index (χ3n) is 3.89. The van der Waals surface area contributed by atoms with Gasteiger partial charge in [0.2, 0.25) is 11.3 Å². The van der Waals surface area contributed by atoms with E-state index in [1.165, 1.54) is 0 Å². The summed E-state index contributed by atoms with van der Waals surface area (Å²) in [5.74, 6) is 0. The van der Waals surface area contributed by atoms with Crippen molar-refractivity contribution in [2.75, 3.05) is 13.2 Å². The summed E-state index contributed by atoms with van der Waals surface area (Å²) in [6, 6.07) is 0.217. The minimum absolute atomic E-state index is 0.0482. The molecule has 0 N–H and O–H groups in total. The molecule has 2 bridgehead atoms. The average Bonchev–Trinajstić information content (AvgIpc) is 2.79. The number of carbonyl (C=O) groups is 1. The Morgan fingerprint density at radius 2 is 2.05 bits per heavy atom. The normalized spacial score (nSPS) is 38.4. The highest BCUT2D eigenvalue weighted by atomic mass is 32.2. The number of piperazine rings is 1. The van der Waals surface area contributed by atoms with Crippen LogP contribution in [0.3, 0.4) is 0 Å². The lowest BCUT2D eigenvalue weighted by Crippen LogP contribution is -2.60. The number of nitrogens with zero attached hydrogens (tertiary/aromatic N) is 2. The molecule has 3 aliphatic rings.